The van der Waals surface area contributed by atoms with Gasteiger partial charge in [-0.15, -0.1) is 0 Å². The second-order valence-corrected chi connectivity index (χ2v) is 5.50. The number of benzene rings is 2. The van der Waals surface area contributed by atoms with Crippen LogP contribution in [0.25, 0.3) is 11.1 Å². The minimum Gasteiger partial charge on any atom is -0.466 e. The van der Waals surface area contributed by atoms with Crippen molar-refractivity contribution in [3.05, 3.63) is 59.2 Å². The lowest BCUT2D eigenvalue weighted by Crippen LogP contribution is -2.17. The van der Waals surface area contributed by atoms with Crippen molar-refractivity contribution in [3.8, 4) is 11.1 Å². The van der Waals surface area contributed by atoms with Crippen LogP contribution in [0.4, 0.5) is 0 Å². The third kappa shape index (κ3) is 3.74. The average molecular weight is 297 g/mol. The Balaban J connectivity index is 2.18. The zero-order valence-electron chi connectivity index (χ0n) is 13.4. The molecule has 0 amide bonds. The number of rotatable bonds is 5. The fourth-order valence-electron chi connectivity index (χ4n) is 2.68. The molecule has 1 atom stereocenters. The topological polar surface area (TPSA) is 52.3 Å². The number of hydrogen-bond donors (Lipinski definition) is 1. The van der Waals surface area contributed by atoms with Crippen LogP contribution in [0, 0.1) is 13.8 Å². The summed E-state index contributed by atoms with van der Waals surface area (Å²) in [5.41, 5.74) is 12.0. The third-order valence-corrected chi connectivity index (χ3v) is 3.80. The van der Waals surface area contributed by atoms with Gasteiger partial charge in [-0.3, -0.25) is 4.79 Å². The van der Waals surface area contributed by atoms with Crippen molar-refractivity contribution in [1.29, 1.82) is 0 Å². The van der Waals surface area contributed by atoms with Gasteiger partial charge in [0.25, 0.3) is 0 Å². The molecule has 0 unspecified atom stereocenters. The number of carbonyl (C=O) groups excluding carboxylic acids is 1. The molecule has 2 aromatic rings. The molecule has 0 heterocycles. The van der Waals surface area contributed by atoms with E-state index in [2.05, 4.69) is 44.2 Å². The van der Waals surface area contributed by atoms with Crippen molar-refractivity contribution in [2.24, 2.45) is 5.73 Å². The van der Waals surface area contributed by atoms with Crippen molar-refractivity contribution >= 4 is 5.97 Å². The van der Waals surface area contributed by atoms with E-state index in [-0.39, 0.29) is 18.4 Å². The summed E-state index contributed by atoms with van der Waals surface area (Å²) in [5, 5.41) is 0. The van der Waals surface area contributed by atoms with Crippen LogP contribution in [0.1, 0.15) is 36.1 Å². The van der Waals surface area contributed by atoms with Crippen LogP contribution in [-0.4, -0.2) is 12.6 Å². The molecule has 0 spiro atoms. The molecule has 2 aromatic carbocycles. The Morgan fingerprint density at radius 3 is 2.23 bits per heavy atom. The van der Waals surface area contributed by atoms with Crippen LogP contribution in [0.15, 0.2) is 42.5 Å². The second-order valence-electron chi connectivity index (χ2n) is 5.50. The summed E-state index contributed by atoms with van der Waals surface area (Å²) in [4.78, 5) is 11.5. The Labute approximate surface area is 132 Å². The monoisotopic (exact) mass is 297 g/mol. The Kier molecular flexibility index (Phi) is 5.34. The van der Waals surface area contributed by atoms with Gasteiger partial charge in [0, 0.05) is 6.04 Å². The van der Waals surface area contributed by atoms with E-state index < -0.39 is 0 Å². The molecule has 116 valence electrons. The van der Waals surface area contributed by atoms with Crippen molar-refractivity contribution < 1.29 is 9.53 Å². The largest absolute Gasteiger partial charge is 0.466 e. The molecule has 2 N–H and O–H groups in total. The zero-order chi connectivity index (χ0) is 16.1. The fourth-order valence-corrected chi connectivity index (χ4v) is 2.68. The summed E-state index contributed by atoms with van der Waals surface area (Å²) >= 11 is 0. The number of nitrogens with two attached hydrogens (primary N) is 1. The van der Waals surface area contributed by atoms with Crippen molar-refractivity contribution in [2.45, 2.75) is 33.2 Å². The number of hydrogen-bond acceptors (Lipinski definition) is 3. The van der Waals surface area contributed by atoms with E-state index >= 15 is 0 Å². The van der Waals surface area contributed by atoms with Gasteiger partial charge in [-0.2, -0.15) is 0 Å². The Bertz CT molecular complexity index is 627. The fraction of sp³-hybridized carbons (Fsp3) is 0.316. The lowest BCUT2D eigenvalue weighted by molar-refractivity contribution is -0.143. The van der Waals surface area contributed by atoms with Crippen molar-refractivity contribution in [3.63, 3.8) is 0 Å². The molecule has 3 nitrogen and oxygen atoms in total. The van der Waals surface area contributed by atoms with E-state index in [1.807, 2.05) is 12.1 Å². The first-order valence-electron chi connectivity index (χ1n) is 7.60. The summed E-state index contributed by atoms with van der Waals surface area (Å²) < 4.78 is 4.94. The summed E-state index contributed by atoms with van der Waals surface area (Å²) in [6, 6.07) is 14.1. The van der Waals surface area contributed by atoms with E-state index in [4.69, 9.17) is 10.5 Å². The molecule has 0 aromatic heterocycles. The van der Waals surface area contributed by atoms with Crippen LogP contribution in [0.5, 0.6) is 0 Å². The van der Waals surface area contributed by atoms with Crippen LogP contribution >= 0.6 is 0 Å². The normalized spacial score (nSPS) is 12.0. The standard InChI is InChI=1S/C19H23NO2/c1-4-22-18(21)12-17(20)15-8-10-16(11-9-15)19-13(2)6-5-7-14(19)3/h5-11,17H,4,12,20H2,1-3H3/t17-/m0/s1. The number of ether oxygens (including phenoxy) is 1. The summed E-state index contributed by atoms with van der Waals surface area (Å²) in [5.74, 6) is -0.256. The van der Waals surface area contributed by atoms with Gasteiger partial charge in [0.05, 0.1) is 13.0 Å². The molecular weight excluding hydrogens is 274 g/mol. The zero-order valence-corrected chi connectivity index (χ0v) is 13.4. The lowest BCUT2D eigenvalue weighted by Gasteiger charge is -2.14. The Morgan fingerprint density at radius 2 is 1.68 bits per heavy atom. The molecule has 0 aliphatic heterocycles. The first kappa shape index (κ1) is 16.2. The molecule has 0 radical (unpaired) electrons. The highest BCUT2D eigenvalue weighted by molar-refractivity contribution is 5.72. The van der Waals surface area contributed by atoms with Gasteiger partial charge in [0.1, 0.15) is 0 Å². The average Bonchev–Trinajstić information content (AvgIpc) is 2.48. The first-order chi connectivity index (χ1) is 10.5. The molecule has 0 saturated heterocycles. The molecular formula is C19H23NO2. The number of esters is 1. The second kappa shape index (κ2) is 7.23. The molecule has 3 heteroatoms. The smallest absolute Gasteiger partial charge is 0.307 e. The molecule has 22 heavy (non-hydrogen) atoms. The van der Waals surface area contributed by atoms with Gasteiger partial charge in [0.2, 0.25) is 0 Å². The lowest BCUT2D eigenvalue weighted by atomic mass is 9.94. The summed E-state index contributed by atoms with van der Waals surface area (Å²) in [6.07, 6.45) is 0.205. The van der Waals surface area contributed by atoms with Crippen molar-refractivity contribution in [1.82, 2.24) is 0 Å². The summed E-state index contributed by atoms with van der Waals surface area (Å²) in [6.45, 7) is 6.41. The van der Waals surface area contributed by atoms with Crippen molar-refractivity contribution in [2.75, 3.05) is 6.61 Å². The maximum absolute atomic E-state index is 11.5. The van der Waals surface area contributed by atoms with Gasteiger partial charge >= 0.3 is 5.97 Å². The molecule has 0 bridgehead atoms. The molecule has 2 rings (SSSR count). The van der Waals surface area contributed by atoms with Crippen LogP contribution in [0.2, 0.25) is 0 Å². The van der Waals surface area contributed by atoms with E-state index in [0.29, 0.717) is 6.61 Å². The van der Waals surface area contributed by atoms with E-state index in [0.717, 1.165) is 5.56 Å². The first-order valence-corrected chi connectivity index (χ1v) is 7.60. The van der Waals surface area contributed by atoms with Crippen LogP contribution < -0.4 is 5.73 Å². The summed E-state index contributed by atoms with van der Waals surface area (Å²) in [7, 11) is 0. The maximum atomic E-state index is 11.5. The molecule has 0 aliphatic carbocycles. The number of aryl methyl sites for hydroxylation is 2. The third-order valence-electron chi connectivity index (χ3n) is 3.80. The highest BCUT2D eigenvalue weighted by atomic mass is 16.5. The molecule has 0 aliphatic rings. The quantitative estimate of drug-likeness (QED) is 0.851. The van der Waals surface area contributed by atoms with E-state index in [1.54, 1.807) is 6.92 Å². The Hall–Kier alpha value is -2.13. The maximum Gasteiger partial charge on any atom is 0.307 e. The van der Waals surface area contributed by atoms with Gasteiger partial charge in [-0.1, -0.05) is 42.5 Å². The van der Waals surface area contributed by atoms with Gasteiger partial charge in [-0.05, 0) is 48.6 Å². The molecule has 0 saturated carbocycles. The highest BCUT2D eigenvalue weighted by Crippen LogP contribution is 2.28. The van der Waals surface area contributed by atoms with E-state index in [1.165, 1.54) is 22.3 Å². The SMILES string of the molecule is CCOC(=O)C[C@H](N)c1ccc(-c2c(C)cccc2C)cc1. The number of carbonyl (C=O) groups is 1. The minimum absolute atomic E-state index is 0.205. The predicted octanol–water partition coefficient (Wildman–Crippen LogP) is 3.92. The van der Waals surface area contributed by atoms with Gasteiger partial charge < -0.3 is 10.5 Å². The van der Waals surface area contributed by atoms with E-state index in [9.17, 15) is 4.79 Å². The predicted molar refractivity (Wildman–Crippen MR) is 89.5 cm³/mol. The van der Waals surface area contributed by atoms with Crippen LogP contribution in [0.3, 0.4) is 0 Å². The highest BCUT2D eigenvalue weighted by Gasteiger charge is 2.13. The van der Waals surface area contributed by atoms with Gasteiger partial charge in [0.15, 0.2) is 0 Å². The minimum atomic E-state index is -0.328. The van der Waals surface area contributed by atoms with Gasteiger partial charge in [-0.25, -0.2) is 0 Å². The van der Waals surface area contributed by atoms with Crippen LogP contribution in [-0.2, 0) is 9.53 Å². The Morgan fingerprint density at radius 1 is 1.09 bits per heavy atom. The molecule has 0 fully saturated rings.